The Labute approximate surface area is 173 Å². The average molecular weight is 392 g/mol. The first-order chi connectivity index (χ1) is 14.0. The van der Waals surface area contributed by atoms with E-state index in [9.17, 15) is 0 Å². The second kappa shape index (κ2) is 9.41. The summed E-state index contributed by atoms with van der Waals surface area (Å²) in [7, 11) is 5.38. The fraction of sp³-hybridized carbons (Fsp3) is 0.333. The zero-order valence-electron chi connectivity index (χ0n) is 17.8. The van der Waals surface area contributed by atoms with Crippen molar-refractivity contribution in [3.05, 3.63) is 77.7 Å². The van der Waals surface area contributed by atoms with Gasteiger partial charge in [-0.2, -0.15) is 0 Å². The highest BCUT2D eigenvalue weighted by molar-refractivity contribution is 5.47. The van der Waals surface area contributed by atoms with Crippen LogP contribution >= 0.6 is 0 Å². The van der Waals surface area contributed by atoms with E-state index in [0.717, 1.165) is 34.9 Å². The molecule has 29 heavy (non-hydrogen) atoms. The highest BCUT2D eigenvalue weighted by atomic mass is 16.5. The summed E-state index contributed by atoms with van der Waals surface area (Å²) in [5.74, 6) is 2.57. The van der Waals surface area contributed by atoms with Crippen molar-refractivity contribution < 1.29 is 9.47 Å². The number of rotatable bonds is 8. The highest BCUT2D eigenvalue weighted by Crippen LogP contribution is 2.35. The quantitative estimate of drug-likeness (QED) is 0.556. The zero-order chi connectivity index (χ0) is 20.8. The maximum absolute atomic E-state index is 5.53. The highest BCUT2D eigenvalue weighted by Gasteiger charge is 2.19. The number of hydrogen-bond donors (Lipinski definition) is 0. The lowest BCUT2D eigenvalue weighted by Gasteiger charge is -2.24. The van der Waals surface area contributed by atoms with Crippen LogP contribution in [0.1, 0.15) is 36.5 Å². The van der Waals surface area contributed by atoms with E-state index in [1.807, 2.05) is 24.7 Å². The molecule has 3 rings (SSSR count). The van der Waals surface area contributed by atoms with E-state index in [2.05, 4.69) is 67.2 Å². The van der Waals surface area contributed by atoms with E-state index in [-0.39, 0.29) is 5.92 Å². The van der Waals surface area contributed by atoms with Crippen LogP contribution in [-0.2, 0) is 6.42 Å². The summed E-state index contributed by atoms with van der Waals surface area (Å²) in [6.45, 7) is 4.32. The van der Waals surface area contributed by atoms with Crippen LogP contribution < -0.4 is 14.4 Å². The molecule has 5 heteroatoms. The van der Waals surface area contributed by atoms with Crippen LogP contribution in [0.25, 0.3) is 0 Å². The molecule has 0 bridgehead atoms. The maximum atomic E-state index is 5.53. The Hall–Kier alpha value is -3.08. The monoisotopic (exact) mass is 391 g/mol. The van der Waals surface area contributed by atoms with Gasteiger partial charge >= 0.3 is 0 Å². The van der Waals surface area contributed by atoms with Gasteiger partial charge in [0, 0.05) is 37.6 Å². The Balaban J connectivity index is 1.99. The third-order valence-corrected chi connectivity index (χ3v) is 5.31. The molecule has 2 heterocycles. The second-order valence-electron chi connectivity index (χ2n) is 7.38. The lowest BCUT2D eigenvalue weighted by Crippen LogP contribution is -2.26. The first-order valence-electron chi connectivity index (χ1n) is 9.83. The van der Waals surface area contributed by atoms with E-state index < -0.39 is 0 Å². The molecule has 0 saturated carbocycles. The number of nitrogens with zero attached hydrogens (tertiary/aromatic N) is 3. The SMILES string of the molecule is COc1ccc(C(Cc2ccncc2)c2ccc(N(C)C(C)C)nc2)cc1OC. The Kier molecular flexibility index (Phi) is 6.70. The summed E-state index contributed by atoms with van der Waals surface area (Å²) in [4.78, 5) is 11.0. The third-order valence-electron chi connectivity index (χ3n) is 5.31. The number of anilines is 1. The number of aromatic nitrogens is 2. The molecule has 3 aromatic rings. The Morgan fingerprint density at radius 3 is 2.17 bits per heavy atom. The second-order valence-corrected chi connectivity index (χ2v) is 7.38. The molecule has 0 N–H and O–H groups in total. The van der Waals surface area contributed by atoms with Crippen LogP contribution in [0.3, 0.4) is 0 Å². The Morgan fingerprint density at radius 1 is 0.897 bits per heavy atom. The average Bonchev–Trinajstić information content (AvgIpc) is 2.77. The van der Waals surface area contributed by atoms with Gasteiger partial charge in [0.2, 0.25) is 0 Å². The van der Waals surface area contributed by atoms with Gasteiger partial charge in [0.05, 0.1) is 14.2 Å². The van der Waals surface area contributed by atoms with Crippen molar-refractivity contribution in [1.82, 2.24) is 9.97 Å². The van der Waals surface area contributed by atoms with E-state index in [0.29, 0.717) is 6.04 Å². The summed E-state index contributed by atoms with van der Waals surface area (Å²) in [5, 5.41) is 0. The predicted octanol–water partition coefficient (Wildman–Crippen LogP) is 4.71. The summed E-state index contributed by atoms with van der Waals surface area (Å²) in [5.41, 5.74) is 3.55. The number of pyridine rings is 2. The van der Waals surface area contributed by atoms with Crippen LogP contribution in [0, 0.1) is 0 Å². The van der Waals surface area contributed by atoms with Gasteiger partial charge in [-0.25, -0.2) is 4.98 Å². The van der Waals surface area contributed by atoms with Crippen molar-refractivity contribution in [3.63, 3.8) is 0 Å². The van der Waals surface area contributed by atoms with Gasteiger partial charge in [-0.3, -0.25) is 4.98 Å². The summed E-state index contributed by atoms with van der Waals surface area (Å²) >= 11 is 0. The van der Waals surface area contributed by atoms with Gasteiger partial charge < -0.3 is 14.4 Å². The molecule has 0 fully saturated rings. The Bertz CT molecular complexity index is 911. The molecule has 0 spiro atoms. The van der Waals surface area contributed by atoms with Crippen LogP contribution in [0.2, 0.25) is 0 Å². The minimum absolute atomic E-state index is 0.142. The maximum Gasteiger partial charge on any atom is 0.161 e. The van der Waals surface area contributed by atoms with Gasteiger partial charge in [0.1, 0.15) is 5.82 Å². The molecule has 152 valence electrons. The van der Waals surface area contributed by atoms with Gasteiger partial charge in [-0.05, 0) is 67.3 Å². The van der Waals surface area contributed by atoms with Gasteiger partial charge in [-0.15, -0.1) is 0 Å². The van der Waals surface area contributed by atoms with E-state index in [4.69, 9.17) is 14.5 Å². The van der Waals surface area contributed by atoms with Crippen molar-refractivity contribution in [2.75, 3.05) is 26.2 Å². The lowest BCUT2D eigenvalue weighted by molar-refractivity contribution is 0.354. The normalized spacial score (nSPS) is 11.9. The first kappa shape index (κ1) is 20.6. The third kappa shape index (κ3) is 4.86. The molecular weight excluding hydrogens is 362 g/mol. The summed E-state index contributed by atoms with van der Waals surface area (Å²) < 4.78 is 10.9. The molecule has 0 aliphatic rings. The standard InChI is InChI=1S/C24H29N3O2/c1-17(2)27(3)24-9-7-20(16-26-24)21(14-18-10-12-25-13-11-18)19-6-8-22(28-4)23(15-19)29-5/h6-13,15-17,21H,14H2,1-5H3. The number of ether oxygens (including phenoxy) is 2. The molecule has 0 aliphatic heterocycles. The van der Waals surface area contributed by atoms with Gasteiger partial charge in [-0.1, -0.05) is 12.1 Å². The molecule has 0 radical (unpaired) electrons. The summed E-state index contributed by atoms with van der Waals surface area (Å²) in [6.07, 6.45) is 6.50. The molecule has 0 aliphatic carbocycles. The predicted molar refractivity (Wildman–Crippen MR) is 117 cm³/mol. The smallest absolute Gasteiger partial charge is 0.161 e. The van der Waals surface area contributed by atoms with Crippen molar-refractivity contribution >= 4 is 5.82 Å². The van der Waals surface area contributed by atoms with Crippen molar-refractivity contribution in [2.24, 2.45) is 0 Å². The van der Waals surface area contributed by atoms with Crippen LogP contribution in [0.4, 0.5) is 5.82 Å². The number of benzene rings is 1. The van der Waals surface area contributed by atoms with Crippen molar-refractivity contribution in [1.29, 1.82) is 0 Å². The van der Waals surface area contributed by atoms with Crippen LogP contribution in [-0.4, -0.2) is 37.3 Å². The fourth-order valence-corrected chi connectivity index (χ4v) is 3.33. The molecule has 0 amide bonds. The van der Waals surface area contributed by atoms with Crippen LogP contribution in [0.15, 0.2) is 61.1 Å². The molecule has 0 saturated heterocycles. The van der Waals surface area contributed by atoms with E-state index >= 15 is 0 Å². The largest absolute Gasteiger partial charge is 0.493 e. The Morgan fingerprint density at radius 2 is 1.59 bits per heavy atom. The van der Waals surface area contributed by atoms with Gasteiger partial charge in [0.15, 0.2) is 11.5 Å². The number of methoxy groups -OCH3 is 2. The molecule has 2 aromatic heterocycles. The lowest BCUT2D eigenvalue weighted by atomic mass is 9.86. The van der Waals surface area contributed by atoms with E-state index in [1.165, 1.54) is 5.56 Å². The topological polar surface area (TPSA) is 47.5 Å². The van der Waals surface area contributed by atoms with Gasteiger partial charge in [0.25, 0.3) is 0 Å². The molecule has 1 unspecified atom stereocenters. The van der Waals surface area contributed by atoms with E-state index in [1.54, 1.807) is 14.2 Å². The van der Waals surface area contributed by atoms with Crippen molar-refractivity contribution in [3.8, 4) is 11.5 Å². The summed E-state index contributed by atoms with van der Waals surface area (Å²) in [6, 6.07) is 14.9. The minimum atomic E-state index is 0.142. The molecular formula is C24H29N3O2. The fourth-order valence-electron chi connectivity index (χ4n) is 3.33. The minimum Gasteiger partial charge on any atom is -0.493 e. The van der Waals surface area contributed by atoms with Crippen molar-refractivity contribution in [2.45, 2.75) is 32.2 Å². The molecule has 5 nitrogen and oxygen atoms in total. The number of hydrogen-bond acceptors (Lipinski definition) is 5. The zero-order valence-corrected chi connectivity index (χ0v) is 17.8. The first-order valence-corrected chi connectivity index (χ1v) is 9.83. The van der Waals surface area contributed by atoms with Crippen LogP contribution in [0.5, 0.6) is 11.5 Å². The molecule has 1 aromatic carbocycles. The molecule has 1 atom stereocenters.